The molecule has 1 fully saturated rings. The fourth-order valence-corrected chi connectivity index (χ4v) is 1.35. The van der Waals surface area contributed by atoms with E-state index in [4.69, 9.17) is 5.11 Å². The zero-order valence-corrected chi connectivity index (χ0v) is 8.09. The number of carbonyl (C=O) groups is 1. The van der Waals surface area contributed by atoms with E-state index < -0.39 is 0 Å². The van der Waals surface area contributed by atoms with Crippen molar-refractivity contribution in [2.75, 3.05) is 13.2 Å². The van der Waals surface area contributed by atoms with Crippen LogP contribution in [-0.4, -0.2) is 24.2 Å². The number of aliphatic hydroxyl groups excluding tert-OH is 1. The summed E-state index contributed by atoms with van der Waals surface area (Å²) in [5.74, 6) is 1.03. The lowest BCUT2D eigenvalue weighted by molar-refractivity contribution is -0.121. The van der Waals surface area contributed by atoms with Crippen LogP contribution in [0.5, 0.6) is 0 Å². The molecule has 1 saturated carbocycles. The average Bonchev–Trinajstić information content (AvgIpc) is 2.92. The first kappa shape index (κ1) is 10.5. The van der Waals surface area contributed by atoms with E-state index in [1.54, 1.807) is 0 Å². The lowest BCUT2D eigenvalue weighted by Gasteiger charge is -2.03. The van der Waals surface area contributed by atoms with Crippen molar-refractivity contribution in [3.05, 3.63) is 0 Å². The molecule has 76 valence electrons. The average molecular weight is 185 g/mol. The van der Waals surface area contributed by atoms with Crippen LogP contribution in [0.25, 0.3) is 0 Å². The molecule has 0 radical (unpaired) electrons. The topological polar surface area (TPSA) is 49.3 Å². The van der Waals surface area contributed by atoms with Crippen molar-refractivity contribution in [2.24, 2.45) is 5.92 Å². The SMILES string of the molecule is O=C(CCCO)NCCCC1CC1. The molecule has 0 aliphatic heterocycles. The molecule has 3 heteroatoms. The highest BCUT2D eigenvalue weighted by Crippen LogP contribution is 2.33. The van der Waals surface area contributed by atoms with Gasteiger partial charge in [-0.15, -0.1) is 0 Å². The molecule has 0 unspecified atom stereocenters. The number of amides is 1. The molecule has 1 aliphatic rings. The second-order valence-corrected chi connectivity index (χ2v) is 3.76. The summed E-state index contributed by atoms with van der Waals surface area (Å²) in [6, 6.07) is 0. The number of hydrogen-bond donors (Lipinski definition) is 2. The second kappa shape index (κ2) is 5.97. The molecule has 0 heterocycles. The largest absolute Gasteiger partial charge is 0.396 e. The molecule has 0 saturated heterocycles. The number of aliphatic hydroxyl groups is 1. The van der Waals surface area contributed by atoms with Gasteiger partial charge in [0.25, 0.3) is 0 Å². The smallest absolute Gasteiger partial charge is 0.220 e. The Kier molecular flexibility index (Phi) is 4.83. The van der Waals surface area contributed by atoms with Gasteiger partial charge in [0.2, 0.25) is 5.91 Å². The molecule has 1 amide bonds. The van der Waals surface area contributed by atoms with Gasteiger partial charge in [0, 0.05) is 19.6 Å². The normalized spacial score (nSPS) is 15.8. The Labute approximate surface area is 79.5 Å². The third-order valence-corrected chi connectivity index (χ3v) is 2.37. The maximum absolute atomic E-state index is 11.0. The van der Waals surface area contributed by atoms with E-state index in [-0.39, 0.29) is 12.5 Å². The fourth-order valence-electron chi connectivity index (χ4n) is 1.35. The van der Waals surface area contributed by atoms with E-state index in [1.165, 1.54) is 19.3 Å². The quantitative estimate of drug-likeness (QED) is 0.583. The molecule has 0 bridgehead atoms. The van der Waals surface area contributed by atoms with Gasteiger partial charge in [0.05, 0.1) is 0 Å². The highest BCUT2D eigenvalue weighted by atomic mass is 16.3. The summed E-state index contributed by atoms with van der Waals surface area (Å²) in [6.45, 7) is 0.913. The predicted octanol–water partition coefficient (Wildman–Crippen LogP) is 1.07. The van der Waals surface area contributed by atoms with Gasteiger partial charge in [-0.3, -0.25) is 4.79 Å². The van der Waals surface area contributed by atoms with Crippen LogP contribution in [0.4, 0.5) is 0 Å². The van der Waals surface area contributed by atoms with Crippen LogP contribution in [-0.2, 0) is 4.79 Å². The molecule has 0 aromatic heterocycles. The zero-order chi connectivity index (χ0) is 9.52. The standard InChI is InChI=1S/C10H19NO2/c12-8-2-4-10(13)11-7-1-3-9-5-6-9/h9,12H,1-8H2,(H,11,13). The third-order valence-electron chi connectivity index (χ3n) is 2.37. The van der Waals surface area contributed by atoms with E-state index in [9.17, 15) is 4.79 Å². The predicted molar refractivity (Wildman–Crippen MR) is 51.3 cm³/mol. The first-order valence-electron chi connectivity index (χ1n) is 5.20. The van der Waals surface area contributed by atoms with Crippen molar-refractivity contribution in [3.63, 3.8) is 0 Å². The lowest BCUT2D eigenvalue weighted by atomic mass is 10.2. The van der Waals surface area contributed by atoms with E-state index in [2.05, 4.69) is 5.32 Å². The maximum atomic E-state index is 11.0. The molecule has 0 atom stereocenters. The minimum Gasteiger partial charge on any atom is -0.396 e. The third kappa shape index (κ3) is 5.64. The molecule has 2 N–H and O–H groups in total. The highest BCUT2D eigenvalue weighted by molar-refractivity contribution is 5.75. The number of rotatable bonds is 7. The Morgan fingerprint density at radius 3 is 2.77 bits per heavy atom. The highest BCUT2D eigenvalue weighted by Gasteiger charge is 2.19. The van der Waals surface area contributed by atoms with E-state index in [0.717, 1.165) is 18.9 Å². The van der Waals surface area contributed by atoms with Crippen LogP contribution in [0.2, 0.25) is 0 Å². The summed E-state index contributed by atoms with van der Waals surface area (Å²) < 4.78 is 0. The Balaban J connectivity index is 1.82. The summed E-state index contributed by atoms with van der Waals surface area (Å²) >= 11 is 0. The molecule has 0 spiro atoms. The van der Waals surface area contributed by atoms with Crippen LogP contribution in [0.15, 0.2) is 0 Å². The van der Waals surface area contributed by atoms with Crippen LogP contribution >= 0.6 is 0 Å². The Bertz CT molecular complexity index is 155. The molecule has 3 nitrogen and oxygen atoms in total. The van der Waals surface area contributed by atoms with Crippen LogP contribution in [0.1, 0.15) is 38.5 Å². The summed E-state index contributed by atoms with van der Waals surface area (Å²) in [5.41, 5.74) is 0. The molecule has 1 aliphatic carbocycles. The van der Waals surface area contributed by atoms with Gasteiger partial charge >= 0.3 is 0 Å². The molecule has 0 aromatic carbocycles. The number of carbonyl (C=O) groups excluding carboxylic acids is 1. The van der Waals surface area contributed by atoms with Crippen LogP contribution in [0.3, 0.4) is 0 Å². The molecule has 1 rings (SSSR count). The van der Waals surface area contributed by atoms with E-state index in [1.807, 2.05) is 0 Å². The van der Waals surface area contributed by atoms with Gasteiger partial charge < -0.3 is 10.4 Å². The summed E-state index contributed by atoms with van der Waals surface area (Å²) in [5, 5.41) is 11.3. The van der Waals surface area contributed by atoms with Gasteiger partial charge in [0.15, 0.2) is 0 Å². The van der Waals surface area contributed by atoms with Crippen LogP contribution in [0, 0.1) is 5.92 Å². The Hall–Kier alpha value is -0.570. The summed E-state index contributed by atoms with van der Waals surface area (Å²) in [4.78, 5) is 11.0. The van der Waals surface area contributed by atoms with E-state index in [0.29, 0.717) is 12.8 Å². The molecule has 0 aromatic rings. The first-order chi connectivity index (χ1) is 6.33. The lowest BCUT2D eigenvalue weighted by Crippen LogP contribution is -2.24. The summed E-state index contributed by atoms with van der Waals surface area (Å²) in [7, 11) is 0. The second-order valence-electron chi connectivity index (χ2n) is 3.76. The van der Waals surface area contributed by atoms with Gasteiger partial charge in [-0.25, -0.2) is 0 Å². The van der Waals surface area contributed by atoms with Crippen molar-refractivity contribution in [3.8, 4) is 0 Å². The van der Waals surface area contributed by atoms with Crippen molar-refractivity contribution in [1.82, 2.24) is 5.32 Å². The summed E-state index contributed by atoms with van der Waals surface area (Å²) in [6.07, 6.45) is 6.18. The van der Waals surface area contributed by atoms with Crippen molar-refractivity contribution >= 4 is 5.91 Å². The molecular formula is C10H19NO2. The minimum absolute atomic E-state index is 0.0739. The Morgan fingerprint density at radius 1 is 1.38 bits per heavy atom. The van der Waals surface area contributed by atoms with Gasteiger partial charge in [-0.05, 0) is 25.2 Å². The minimum atomic E-state index is 0.0739. The van der Waals surface area contributed by atoms with Crippen molar-refractivity contribution < 1.29 is 9.90 Å². The molecular weight excluding hydrogens is 166 g/mol. The van der Waals surface area contributed by atoms with Gasteiger partial charge in [-0.2, -0.15) is 0 Å². The zero-order valence-electron chi connectivity index (χ0n) is 8.09. The monoisotopic (exact) mass is 185 g/mol. The van der Waals surface area contributed by atoms with E-state index >= 15 is 0 Å². The fraction of sp³-hybridized carbons (Fsp3) is 0.900. The van der Waals surface area contributed by atoms with Gasteiger partial charge in [-0.1, -0.05) is 12.8 Å². The number of hydrogen-bond acceptors (Lipinski definition) is 2. The van der Waals surface area contributed by atoms with Crippen molar-refractivity contribution in [1.29, 1.82) is 0 Å². The van der Waals surface area contributed by atoms with Crippen LogP contribution < -0.4 is 5.32 Å². The van der Waals surface area contributed by atoms with Gasteiger partial charge in [0.1, 0.15) is 0 Å². The first-order valence-corrected chi connectivity index (χ1v) is 5.20. The number of nitrogens with one attached hydrogen (secondary N) is 1. The molecule has 13 heavy (non-hydrogen) atoms. The Morgan fingerprint density at radius 2 is 2.15 bits per heavy atom. The maximum Gasteiger partial charge on any atom is 0.220 e. The van der Waals surface area contributed by atoms with Crippen molar-refractivity contribution in [2.45, 2.75) is 38.5 Å².